The van der Waals surface area contributed by atoms with Crippen LogP contribution in [0.5, 0.6) is 0 Å². The summed E-state index contributed by atoms with van der Waals surface area (Å²) in [6.07, 6.45) is 1.08. The van der Waals surface area contributed by atoms with Crippen molar-refractivity contribution in [2.75, 3.05) is 4.90 Å². The van der Waals surface area contributed by atoms with Gasteiger partial charge in [-0.25, -0.2) is 0 Å². The largest absolute Gasteiger partial charge is 0.310 e. The highest BCUT2D eigenvalue weighted by molar-refractivity contribution is 5.99. The molecule has 0 spiro atoms. The van der Waals surface area contributed by atoms with E-state index in [9.17, 15) is 0 Å². The number of fused-ring (bicyclic) bond motifs is 4. The Bertz CT molecular complexity index is 2460. The minimum atomic E-state index is -0.433. The molecule has 0 unspecified atom stereocenters. The molecule has 0 N–H and O–H groups in total. The SMILES string of the molecule is CC(C)Cc1ccc(C2(c3cccc(-c4ccc(N(c5ccccc5)c5cccc6ccccc56)cc4)c3)c3ccccc3-c3ccccc32)cc1. The van der Waals surface area contributed by atoms with Crippen LogP contribution in [0.15, 0.2) is 194 Å². The number of hydrogen-bond donors (Lipinski definition) is 0. The number of benzene rings is 8. The van der Waals surface area contributed by atoms with Crippen LogP contribution in [0.1, 0.15) is 41.7 Å². The Morgan fingerprint density at radius 1 is 0.462 bits per heavy atom. The molecule has 0 saturated carbocycles. The van der Waals surface area contributed by atoms with Gasteiger partial charge in [0.05, 0.1) is 11.1 Å². The number of nitrogens with zero attached hydrogens (tertiary/aromatic N) is 1. The second-order valence-corrected chi connectivity index (χ2v) is 14.4. The van der Waals surface area contributed by atoms with Gasteiger partial charge in [0.15, 0.2) is 0 Å². The van der Waals surface area contributed by atoms with Crippen LogP contribution < -0.4 is 4.90 Å². The van der Waals surface area contributed by atoms with E-state index in [1.807, 2.05) is 0 Å². The minimum absolute atomic E-state index is 0.433. The van der Waals surface area contributed by atoms with Crippen LogP contribution in [-0.2, 0) is 11.8 Å². The van der Waals surface area contributed by atoms with Crippen molar-refractivity contribution in [2.24, 2.45) is 5.92 Å². The topological polar surface area (TPSA) is 3.24 Å². The summed E-state index contributed by atoms with van der Waals surface area (Å²) in [6, 6.07) is 71.6. The van der Waals surface area contributed by atoms with Gasteiger partial charge in [-0.15, -0.1) is 0 Å². The summed E-state index contributed by atoms with van der Waals surface area (Å²) in [5.74, 6) is 0.614. The first-order chi connectivity index (χ1) is 25.6. The van der Waals surface area contributed by atoms with E-state index in [-0.39, 0.29) is 0 Å². The molecule has 9 rings (SSSR count). The maximum atomic E-state index is 2.43. The van der Waals surface area contributed by atoms with Gasteiger partial charge in [-0.2, -0.15) is 0 Å². The molecule has 1 nitrogen and oxygen atoms in total. The van der Waals surface area contributed by atoms with Gasteiger partial charge in [0.2, 0.25) is 0 Å². The molecule has 1 aliphatic rings. The Hall–Kier alpha value is -6.18. The van der Waals surface area contributed by atoms with Crippen molar-refractivity contribution < 1.29 is 0 Å². The molecule has 0 aromatic heterocycles. The standard InChI is InChI=1S/C51H41N/c1-36(2)34-37-26-30-41(31-27-37)51(48-23-10-8-21-46(48)47-22-9-11-24-49(47)51)42-17-12-16-40(35-42)38-28-32-44(33-29-38)52(43-18-4-3-5-19-43)50-25-13-15-39-14-6-7-20-45(39)50/h3-33,35-36H,34H2,1-2H3. The molecule has 0 amide bonds. The van der Waals surface area contributed by atoms with Gasteiger partial charge in [0.25, 0.3) is 0 Å². The van der Waals surface area contributed by atoms with Gasteiger partial charge in [-0.1, -0.05) is 172 Å². The summed E-state index contributed by atoms with van der Waals surface area (Å²) in [5.41, 5.74) is 14.7. The van der Waals surface area contributed by atoms with Crippen molar-refractivity contribution in [3.63, 3.8) is 0 Å². The summed E-state index contributed by atoms with van der Waals surface area (Å²) in [5, 5.41) is 2.46. The molecule has 52 heavy (non-hydrogen) atoms. The summed E-state index contributed by atoms with van der Waals surface area (Å²) in [7, 11) is 0. The van der Waals surface area contributed by atoms with Crippen molar-refractivity contribution in [1.29, 1.82) is 0 Å². The first-order valence-corrected chi connectivity index (χ1v) is 18.4. The van der Waals surface area contributed by atoms with Crippen molar-refractivity contribution >= 4 is 27.8 Å². The van der Waals surface area contributed by atoms with E-state index >= 15 is 0 Å². The predicted molar refractivity (Wildman–Crippen MR) is 220 cm³/mol. The molecule has 0 radical (unpaired) electrons. The molecule has 0 bridgehead atoms. The zero-order valence-electron chi connectivity index (χ0n) is 29.7. The summed E-state index contributed by atoms with van der Waals surface area (Å²) in [4.78, 5) is 2.37. The first-order valence-electron chi connectivity index (χ1n) is 18.4. The molecule has 8 aromatic rings. The van der Waals surface area contributed by atoms with Gasteiger partial charge in [0, 0.05) is 16.8 Å². The zero-order chi connectivity index (χ0) is 35.1. The maximum Gasteiger partial charge on any atom is 0.0713 e. The fraction of sp³-hybridized carbons (Fsp3) is 0.0980. The van der Waals surface area contributed by atoms with Gasteiger partial charge in [-0.05, 0) is 104 Å². The Morgan fingerprint density at radius 2 is 1.06 bits per heavy atom. The van der Waals surface area contributed by atoms with Crippen LogP contribution in [0.25, 0.3) is 33.0 Å². The Balaban J connectivity index is 1.17. The van der Waals surface area contributed by atoms with Crippen molar-refractivity contribution in [2.45, 2.75) is 25.7 Å². The Labute approximate surface area is 307 Å². The van der Waals surface area contributed by atoms with E-state index < -0.39 is 5.41 Å². The average Bonchev–Trinajstić information content (AvgIpc) is 3.50. The normalized spacial score (nSPS) is 12.8. The minimum Gasteiger partial charge on any atom is -0.310 e. The Morgan fingerprint density at radius 3 is 1.77 bits per heavy atom. The molecule has 0 saturated heterocycles. The van der Waals surface area contributed by atoms with E-state index in [0.29, 0.717) is 5.92 Å². The lowest BCUT2D eigenvalue weighted by atomic mass is 9.67. The van der Waals surface area contributed by atoms with Crippen LogP contribution in [0.2, 0.25) is 0 Å². The third-order valence-corrected chi connectivity index (χ3v) is 10.8. The first kappa shape index (κ1) is 31.8. The summed E-state index contributed by atoms with van der Waals surface area (Å²) >= 11 is 0. The van der Waals surface area contributed by atoms with Crippen LogP contribution in [0.4, 0.5) is 17.1 Å². The van der Waals surface area contributed by atoms with E-state index in [4.69, 9.17) is 0 Å². The second kappa shape index (κ2) is 13.2. The van der Waals surface area contributed by atoms with E-state index in [1.165, 1.54) is 66.5 Å². The number of para-hydroxylation sites is 1. The predicted octanol–water partition coefficient (Wildman–Crippen LogP) is 13.5. The molecular weight excluding hydrogens is 627 g/mol. The van der Waals surface area contributed by atoms with Crippen LogP contribution >= 0.6 is 0 Å². The summed E-state index contributed by atoms with van der Waals surface area (Å²) < 4.78 is 0. The molecule has 1 aliphatic carbocycles. The van der Waals surface area contributed by atoms with E-state index in [0.717, 1.165) is 17.8 Å². The molecule has 8 aromatic carbocycles. The van der Waals surface area contributed by atoms with Crippen molar-refractivity contribution in [1.82, 2.24) is 0 Å². The lowest BCUT2D eigenvalue weighted by molar-refractivity contribution is 0.646. The van der Waals surface area contributed by atoms with Gasteiger partial charge < -0.3 is 4.90 Å². The van der Waals surface area contributed by atoms with Crippen molar-refractivity contribution in [3.05, 3.63) is 222 Å². The van der Waals surface area contributed by atoms with Gasteiger partial charge in [-0.3, -0.25) is 0 Å². The molecule has 1 heteroatoms. The molecule has 0 fully saturated rings. The second-order valence-electron chi connectivity index (χ2n) is 14.4. The number of anilines is 3. The number of hydrogen-bond acceptors (Lipinski definition) is 1. The molecule has 0 atom stereocenters. The van der Waals surface area contributed by atoms with Gasteiger partial charge in [0.1, 0.15) is 0 Å². The van der Waals surface area contributed by atoms with E-state index in [2.05, 4.69) is 213 Å². The third kappa shape index (κ3) is 5.33. The quantitative estimate of drug-likeness (QED) is 0.156. The molecule has 0 aliphatic heterocycles. The number of rotatable bonds is 8. The lowest BCUT2D eigenvalue weighted by Gasteiger charge is -2.34. The van der Waals surface area contributed by atoms with Gasteiger partial charge >= 0.3 is 0 Å². The zero-order valence-corrected chi connectivity index (χ0v) is 29.7. The average molecular weight is 668 g/mol. The lowest BCUT2D eigenvalue weighted by Crippen LogP contribution is -2.28. The molecule has 250 valence electrons. The smallest absolute Gasteiger partial charge is 0.0713 e. The van der Waals surface area contributed by atoms with Crippen LogP contribution in [-0.4, -0.2) is 0 Å². The van der Waals surface area contributed by atoms with Crippen molar-refractivity contribution in [3.8, 4) is 22.3 Å². The molecule has 0 heterocycles. The highest BCUT2D eigenvalue weighted by Crippen LogP contribution is 2.56. The molecular formula is C51H41N. The fourth-order valence-corrected chi connectivity index (χ4v) is 8.53. The van der Waals surface area contributed by atoms with Crippen LogP contribution in [0, 0.1) is 5.92 Å². The summed E-state index contributed by atoms with van der Waals surface area (Å²) in [6.45, 7) is 4.58. The maximum absolute atomic E-state index is 2.43. The fourth-order valence-electron chi connectivity index (χ4n) is 8.53. The van der Waals surface area contributed by atoms with E-state index in [1.54, 1.807) is 0 Å². The highest BCUT2D eigenvalue weighted by atomic mass is 15.1. The monoisotopic (exact) mass is 667 g/mol. The van der Waals surface area contributed by atoms with Crippen LogP contribution in [0.3, 0.4) is 0 Å². The highest BCUT2D eigenvalue weighted by Gasteiger charge is 2.45. The Kier molecular flexibility index (Phi) is 8.05. The third-order valence-electron chi connectivity index (χ3n) is 10.8.